The van der Waals surface area contributed by atoms with Crippen molar-refractivity contribution in [2.75, 3.05) is 7.05 Å². The molecule has 0 aromatic carbocycles. The van der Waals surface area contributed by atoms with Gasteiger partial charge in [0.05, 0.1) is 12.3 Å². The quantitative estimate of drug-likeness (QED) is 0.837. The Morgan fingerprint density at radius 2 is 2.13 bits per heavy atom. The second-order valence-corrected chi connectivity index (χ2v) is 3.61. The van der Waals surface area contributed by atoms with E-state index in [2.05, 4.69) is 5.32 Å². The van der Waals surface area contributed by atoms with Crippen molar-refractivity contribution in [3.05, 3.63) is 47.3 Å². The van der Waals surface area contributed by atoms with Gasteiger partial charge in [-0.25, -0.2) is 0 Å². The van der Waals surface area contributed by atoms with Gasteiger partial charge in [0.1, 0.15) is 17.3 Å². The highest BCUT2D eigenvalue weighted by Gasteiger charge is 2.19. The van der Waals surface area contributed by atoms with Crippen molar-refractivity contribution >= 4 is 0 Å². The van der Waals surface area contributed by atoms with Crippen LogP contribution in [0.1, 0.15) is 28.9 Å². The van der Waals surface area contributed by atoms with Crippen LogP contribution in [0.4, 0.5) is 0 Å². The minimum atomic E-state index is 0.0671. The minimum Gasteiger partial charge on any atom is -0.467 e. The number of aryl methyl sites for hydroxylation is 2. The molecule has 0 saturated heterocycles. The van der Waals surface area contributed by atoms with Crippen LogP contribution in [0.25, 0.3) is 0 Å². The van der Waals surface area contributed by atoms with Crippen LogP contribution < -0.4 is 5.32 Å². The first kappa shape index (κ1) is 10.1. The third-order valence-electron chi connectivity index (χ3n) is 2.51. The molecule has 0 amide bonds. The third kappa shape index (κ3) is 1.83. The Hall–Kier alpha value is -1.48. The fourth-order valence-electron chi connectivity index (χ4n) is 1.84. The molecule has 0 spiro atoms. The van der Waals surface area contributed by atoms with Gasteiger partial charge in [0.15, 0.2) is 0 Å². The van der Waals surface area contributed by atoms with Crippen molar-refractivity contribution in [3.63, 3.8) is 0 Å². The van der Waals surface area contributed by atoms with Crippen LogP contribution in [0.3, 0.4) is 0 Å². The zero-order valence-electron chi connectivity index (χ0n) is 9.20. The SMILES string of the molecule is CNC(c1ccco1)c1cc(C)oc1C. The summed E-state index contributed by atoms with van der Waals surface area (Å²) in [5.41, 5.74) is 1.13. The van der Waals surface area contributed by atoms with Gasteiger partial charge in [0, 0.05) is 5.56 Å². The van der Waals surface area contributed by atoms with Crippen LogP contribution in [0.15, 0.2) is 33.3 Å². The Kier molecular flexibility index (Phi) is 2.64. The number of nitrogens with one attached hydrogen (secondary N) is 1. The van der Waals surface area contributed by atoms with Gasteiger partial charge in [-0.3, -0.25) is 0 Å². The van der Waals surface area contributed by atoms with Gasteiger partial charge in [0.25, 0.3) is 0 Å². The highest BCUT2D eigenvalue weighted by atomic mass is 16.3. The lowest BCUT2D eigenvalue weighted by atomic mass is 10.1. The molecule has 0 aliphatic heterocycles. The molecule has 2 rings (SSSR count). The van der Waals surface area contributed by atoms with E-state index < -0.39 is 0 Å². The van der Waals surface area contributed by atoms with Crippen LogP contribution in [0, 0.1) is 13.8 Å². The third-order valence-corrected chi connectivity index (χ3v) is 2.51. The molecule has 2 aromatic heterocycles. The molecule has 0 radical (unpaired) electrons. The Morgan fingerprint density at radius 1 is 1.33 bits per heavy atom. The molecule has 3 nitrogen and oxygen atoms in total. The summed E-state index contributed by atoms with van der Waals surface area (Å²) >= 11 is 0. The molecule has 2 aromatic rings. The smallest absolute Gasteiger partial charge is 0.125 e. The average molecular weight is 205 g/mol. The van der Waals surface area contributed by atoms with E-state index in [1.807, 2.05) is 39.1 Å². The van der Waals surface area contributed by atoms with Crippen molar-refractivity contribution in [1.29, 1.82) is 0 Å². The molecule has 80 valence electrons. The predicted octanol–water partition coefficient (Wildman–Crippen LogP) is 2.80. The fraction of sp³-hybridized carbons (Fsp3) is 0.333. The molecule has 0 aliphatic rings. The molecule has 15 heavy (non-hydrogen) atoms. The van der Waals surface area contributed by atoms with E-state index in [-0.39, 0.29) is 6.04 Å². The average Bonchev–Trinajstić information content (AvgIpc) is 2.79. The number of rotatable bonds is 3. The summed E-state index contributed by atoms with van der Waals surface area (Å²) in [7, 11) is 1.91. The maximum Gasteiger partial charge on any atom is 0.125 e. The summed E-state index contributed by atoms with van der Waals surface area (Å²) in [6.07, 6.45) is 1.68. The van der Waals surface area contributed by atoms with Gasteiger partial charge in [-0.2, -0.15) is 0 Å². The number of furan rings is 2. The predicted molar refractivity (Wildman–Crippen MR) is 57.8 cm³/mol. The van der Waals surface area contributed by atoms with Crippen LogP contribution in [0.2, 0.25) is 0 Å². The Morgan fingerprint density at radius 3 is 2.60 bits per heavy atom. The second-order valence-electron chi connectivity index (χ2n) is 3.61. The van der Waals surface area contributed by atoms with E-state index >= 15 is 0 Å². The summed E-state index contributed by atoms with van der Waals surface area (Å²) in [6, 6.07) is 5.96. The van der Waals surface area contributed by atoms with Crippen molar-refractivity contribution in [1.82, 2.24) is 5.32 Å². The molecule has 0 bridgehead atoms. The Balaban J connectivity index is 2.39. The molecular formula is C12H15NO2. The first-order valence-corrected chi connectivity index (χ1v) is 5.00. The van der Waals surface area contributed by atoms with Crippen LogP contribution >= 0.6 is 0 Å². The second kappa shape index (κ2) is 3.95. The monoisotopic (exact) mass is 205 g/mol. The van der Waals surface area contributed by atoms with Crippen LogP contribution in [-0.4, -0.2) is 7.05 Å². The fourth-order valence-corrected chi connectivity index (χ4v) is 1.84. The largest absolute Gasteiger partial charge is 0.467 e. The minimum absolute atomic E-state index is 0.0671. The van der Waals surface area contributed by atoms with Crippen LogP contribution in [-0.2, 0) is 0 Å². The summed E-state index contributed by atoms with van der Waals surface area (Å²) in [5, 5.41) is 3.22. The van der Waals surface area contributed by atoms with E-state index in [0.29, 0.717) is 0 Å². The molecule has 3 heteroatoms. The van der Waals surface area contributed by atoms with Crippen molar-refractivity contribution < 1.29 is 8.83 Å². The summed E-state index contributed by atoms with van der Waals surface area (Å²) in [5.74, 6) is 2.76. The van der Waals surface area contributed by atoms with Gasteiger partial charge >= 0.3 is 0 Å². The molecular weight excluding hydrogens is 190 g/mol. The molecule has 1 atom stereocenters. The zero-order chi connectivity index (χ0) is 10.8. The van der Waals surface area contributed by atoms with Gasteiger partial charge in [-0.1, -0.05) is 0 Å². The van der Waals surface area contributed by atoms with Gasteiger partial charge in [-0.05, 0) is 39.1 Å². The number of hydrogen-bond donors (Lipinski definition) is 1. The van der Waals surface area contributed by atoms with Crippen LogP contribution in [0.5, 0.6) is 0 Å². The standard InChI is InChI=1S/C12H15NO2/c1-8-7-10(9(2)15-8)12(13-3)11-5-4-6-14-11/h4-7,12-13H,1-3H3. The molecule has 0 aliphatic carbocycles. The van der Waals surface area contributed by atoms with E-state index in [0.717, 1.165) is 22.8 Å². The Labute approximate surface area is 89.1 Å². The lowest BCUT2D eigenvalue weighted by Gasteiger charge is -2.12. The van der Waals surface area contributed by atoms with Gasteiger partial charge in [-0.15, -0.1) is 0 Å². The molecule has 1 N–H and O–H groups in total. The first-order chi connectivity index (χ1) is 7.22. The van der Waals surface area contributed by atoms with Crippen molar-refractivity contribution in [2.45, 2.75) is 19.9 Å². The molecule has 0 fully saturated rings. The highest BCUT2D eigenvalue weighted by Crippen LogP contribution is 2.27. The van der Waals surface area contributed by atoms with Crippen molar-refractivity contribution in [3.8, 4) is 0 Å². The lowest BCUT2D eigenvalue weighted by molar-refractivity contribution is 0.453. The summed E-state index contributed by atoms with van der Waals surface area (Å²) in [6.45, 7) is 3.92. The van der Waals surface area contributed by atoms with Gasteiger partial charge in [0.2, 0.25) is 0 Å². The first-order valence-electron chi connectivity index (χ1n) is 5.00. The maximum atomic E-state index is 5.51. The van der Waals surface area contributed by atoms with E-state index in [1.54, 1.807) is 6.26 Å². The molecule has 2 heterocycles. The van der Waals surface area contributed by atoms with E-state index in [9.17, 15) is 0 Å². The number of hydrogen-bond acceptors (Lipinski definition) is 3. The summed E-state index contributed by atoms with van der Waals surface area (Å²) < 4.78 is 10.9. The normalized spacial score (nSPS) is 13.0. The highest BCUT2D eigenvalue weighted by molar-refractivity contribution is 5.30. The Bertz CT molecular complexity index is 428. The van der Waals surface area contributed by atoms with E-state index in [4.69, 9.17) is 8.83 Å². The van der Waals surface area contributed by atoms with E-state index in [1.165, 1.54) is 0 Å². The topological polar surface area (TPSA) is 38.3 Å². The maximum absolute atomic E-state index is 5.51. The lowest BCUT2D eigenvalue weighted by Crippen LogP contribution is -2.17. The molecule has 1 unspecified atom stereocenters. The van der Waals surface area contributed by atoms with Gasteiger partial charge < -0.3 is 14.2 Å². The molecule has 0 saturated carbocycles. The summed E-state index contributed by atoms with van der Waals surface area (Å²) in [4.78, 5) is 0. The zero-order valence-corrected chi connectivity index (χ0v) is 9.20. The van der Waals surface area contributed by atoms with Crippen molar-refractivity contribution in [2.24, 2.45) is 0 Å².